The van der Waals surface area contributed by atoms with Crippen LogP contribution in [0, 0.1) is 11.3 Å². The van der Waals surface area contributed by atoms with Gasteiger partial charge in [-0.25, -0.2) is 0 Å². The molecule has 1 aliphatic carbocycles. The molecule has 2 heterocycles. The summed E-state index contributed by atoms with van der Waals surface area (Å²) in [6, 6.07) is 10.4. The first kappa shape index (κ1) is 25.4. The average Bonchev–Trinajstić information content (AvgIpc) is 3.02. The van der Waals surface area contributed by atoms with Gasteiger partial charge in [0, 0.05) is 45.5 Å². The minimum Gasteiger partial charge on any atom is -0.468 e. The lowest BCUT2D eigenvalue weighted by Crippen LogP contribution is -2.44. The van der Waals surface area contributed by atoms with Crippen molar-refractivity contribution in [1.29, 1.82) is 0 Å². The van der Waals surface area contributed by atoms with E-state index in [1.165, 1.54) is 12.7 Å². The first-order valence-electron chi connectivity index (χ1n) is 12.9. The molecule has 2 aliphatic heterocycles. The van der Waals surface area contributed by atoms with Gasteiger partial charge in [0.1, 0.15) is 5.41 Å². The maximum absolute atomic E-state index is 13.7. The fraction of sp³-hybridized carbons (Fsp3) is 0.607. The number of carbonyl (C=O) groups excluding carboxylic acids is 3. The highest BCUT2D eigenvalue weighted by Gasteiger charge is 2.61. The molecule has 7 nitrogen and oxygen atoms in total. The van der Waals surface area contributed by atoms with Crippen LogP contribution in [0.1, 0.15) is 62.8 Å². The number of methoxy groups -OCH3 is 2. The zero-order valence-corrected chi connectivity index (χ0v) is 21.0. The SMILES string of the molecule is COCCCN1C(=O)[C@H](CC(=O)N2CCC(c3ccccc3)CC2)[C@]2(C(=O)OC)CCCCC=C12. The first-order valence-corrected chi connectivity index (χ1v) is 12.9. The maximum atomic E-state index is 13.7. The smallest absolute Gasteiger partial charge is 0.318 e. The van der Waals surface area contributed by atoms with Crippen LogP contribution in [0.5, 0.6) is 0 Å². The molecule has 3 aliphatic rings. The average molecular weight is 483 g/mol. The van der Waals surface area contributed by atoms with Gasteiger partial charge in [-0.2, -0.15) is 0 Å². The number of amides is 2. The summed E-state index contributed by atoms with van der Waals surface area (Å²) in [5.74, 6) is -0.842. The van der Waals surface area contributed by atoms with Crippen LogP contribution in [0.2, 0.25) is 0 Å². The van der Waals surface area contributed by atoms with Crippen molar-refractivity contribution in [1.82, 2.24) is 9.80 Å². The Morgan fingerprint density at radius 2 is 1.83 bits per heavy atom. The molecule has 2 amide bonds. The molecule has 190 valence electrons. The number of carbonyl (C=O) groups is 3. The number of hydrogen-bond donors (Lipinski definition) is 0. The number of rotatable bonds is 8. The lowest BCUT2D eigenvalue weighted by atomic mass is 9.71. The third-order valence-electron chi connectivity index (χ3n) is 8.05. The van der Waals surface area contributed by atoms with Crippen molar-refractivity contribution in [3.8, 4) is 0 Å². The predicted octanol–water partition coefficient (Wildman–Crippen LogP) is 3.89. The number of fused-ring (bicyclic) bond motifs is 1. The van der Waals surface area contributed by atoms with E-state index in [0.717, 1.165) is 37.8 Å². The van der Waals surface area contributed by atoms with Crippen molar-refractivity contribution >= 4 is 17.8 Å². The molecule has 0 spiro atoms. The first-order chi connectivity index (χ1) is 17.0. The predicted molar refractivity (Wildman–Crippen MR) is 132 cm³/mol. The minimum atomic E-state index is -1.08. The van der Waals surface area contributed by atoms with E-state index in [9.17, 15) is 14.4 Å². The molecule has 0 bridgehead atoms. The van der Waals surface area contributed by atoms with Crippen LogP contribution < -0.4 is 0 Å². The molecule has 2 saturated heterocycles. The van der Waals surface area contributed by atoms with Gasteiger partial charge in [0.2, 0.25) is 11.8 Å². The number of piperidine rings is 1. The summed E-state index contributed by atoms with van der Waals surface area (Å²) in [5, 5.41) is 0. The number of likely N-dealkylation sites (tertiary alicyclic amines) is 2. The molecule has 2 fully saturated rings. The van der Waals surface area contributed by atoms with E-state index in [4.69, 9.17) is 9.47 Å². The third kappa shape index (κ3) is 5.01. The highest BCUT2D eigenvalue weighted by molar-refractivity contribution is 5.98. The number of hydrogen-bond acceptors (Lipinski definition) is 5. The molecule has 7 heteroatoms. The molecule has 1 aromatic rings. The van der Waals surface area contributed by atoms with Crippen molar-refractivity contribution in [3.63, 3.8) is 0 Å². The topological polar surface area (TPSA) is 76.2 Å². The normalized spacial score (nSPS) is 25.1. The summed E-state index contributed by atoms with van der Waals surface area (Å²) < 4.78 is 10.5. The van der Waals surface area contributed by atoms with Crippen molar-refractivity contribution in [2.45, 2.75) is 57.3 Å². The molecule has 1 aromatic carbocycles. The van der Waals surface area contributed by atoms with Crippen LogP contribution in [0.25, 0.3) is 0 Å². The Kier molecular flexibility index (Phi) is 8.26. The lowest BCUT2D eigenvalue weighted by Gasteiger charge is -2.35. The number of esters is 1. The molecule has 2 atom stereocenters. The molecule has 0 unspecified atom stereocenters. The number of nitrogens with zero attached hydrogens (tertiary/aromatic N) is 2. The maximum Gasteiger partial charge on any atom is 0.318 e. The van der Waals surface area contributed by atoms with Gasteiger partial charge in [0.05, 0.1) is 13.0 Å². The van der Waals surface area contributed by atoms with Gasteiger partial charge in [-0.15, -0.1) is 0 Å². The fourth-order valence-electron chi connectivity index (χ4n) is 6.20. The zero-order valence-electron chi connectivity index (χ0n) is 21.0. The van der Waals surface area contributed by atoms with Gasteiger partial charge >= 0.3 is 5.97 Å². The van der Waals surface area contributed by atoms with Crippen LogP contribution in [-0.2, 0) is 23.9 Å². The second-order valence-corrected chi connectivity index (χ2v) is 9.96. The Balaban J connectivity index is 1.53. The van der Waals surface area contributed by atoms with Crippen molar-refractivity contribution in [2.24, 2.45) is 11.3 Å². The van der Waals surface area contributed by atoms with E-state index in [2.05, 4.69) is 24.3 Å². The Morgan fingerprint density at radius 1 is 1.09 bits per heavy atom. The summed E-state index contributed by atoms with van der Waals surface area (Å²) in [7, 11) is 3.02. The minimum absolute atomic E-state index is 0.0412. The van der Waals surface area contributed by atoms with Crippen molar-refractivity contribution < 1.29 is 23.9 Å². The molecular weight excluding hydrogens is 444 g/mol. The van der Waals surface area contributed by atoms with Crippen LogP contribution in [-0.4, -0.2) is 68.0 Å². The largest absolute Gasteiger partial charge is 0.468 e. The number of benzene rings is 1. The van der Waals surface area contributed by atoms with Gasteiger partial charge in [-0.05, 0) is 50.0 Å². The third-order valence-corrected chi connectivity index (χ3v) is 8.05. The Hall–Kier alpha value is -2.67. The van der Waals surface area contributed by atoms with E-state index in [1.54, 1.807) is 12.0 Å². The molecule has 0 N–H and O–H groups in total. The molecule has 0 saturated carbocycles. The molecule has 35 heavy (non-hydrogen) atoms. The van der Waals surface area contributed by atoms with E-state index >= 15 is 0 Å². The Bertz CT molecular complexity index is 938. The van der Waals surface area contributed by atoms with Crippen LogP contribution >= 0.6 is 0 Å². The summed E-state index contributed by atoms with van der Waals surface area (Å²) in [4.78, 5) is 44.1. The van der Waals surface area contributed by atoms with Crippen molar-refractivity contribution in [3.05, 3.63) is 47.7 Å². The monoisotopic (exact) mass is 482 g/mol. The van der Waals surface area contributed by atoms with E-state index in [0.29, 0.717) is 45.0 Å². The van der Waals surface area contributed by atoms with E-state index < -0.39 is 17.3 Å². The van der Waals surface area contributed by atoms with Crippen molar-refractivity contribution in [2.75, 3.05) is 40.5 Å². The van der Waals surface area contributed by atoms with Crippen LogP contribution in [0.3, 0.4) is 0 Å². The van der Waals surface area contributed by atoms with Gasteiger partial charge in [0.25, 0.3) is 0 Å². The van der Waals surface area contributed by atoms with E-state index in [-0.39, 0.29) is 18.2 Å². The Labute approximate surface area is 208 Å². The number of ether oxygens (including phenoxy) is 2. The van der Waals surface area contributed by atoms with Gasteiger partial charge in [0.15, 0.2) is 0 Å². The van der Waals surface area contributed by atoms with Gasteiger partial charge < -0.3 is 19.3 Å². The van der Waals surface area contributed by atoms with Gasteiger partial charge in [-0.3, -0.25) is 14.4 Å². The molecule has 0 aromatic heterocycles. The fourth-order valence-corrected chi connectivity index (χ4v) is 6.20. The molecular formula is C28H38N2O5. The second-order valence-electron chi connectivity index (χ2n) is 9.96. The summed E-state index contributed by atoms with van der Waals surface area (Å²) in [6.07, 6.45) is 7.69. The summed E-state index contributed by atoms with van der Waals surface area (Å²) in [5.41, 5.74) is 0.978. The molecule has 4 rings (SSSR count). The molecule has 0 radical (unpaired) electrons. The van der Waals surface area contributed by atoms with E-state index in [1.807, 2.05) is 17.0 Å². The van der Waals surface area contributed by atoms with Crippen LogP contribution in [0.4, 0.5) is 0 Å². The summed E-state index contributed by atoms with van der Waals surface area (Å²) >= 11 is 0. The number of allylic oxidation sites excluding steroid dienone is 1. The Morgan fingerprint density at radius 3 is 2.51 bits per heavy atom. The highest BCUT2D eigenvalue weighted by Crippen LogP contribution is 2.53. The highest BCUT2D eigenvalue weighted by atomic mass is 16.5. The second kappa shape index (κ2) is 11.4. The van der Waals surface area contributed by atoms with Crippen LogP contribution in [0.15, 0.2) is 42.1 Å². The zero-order chi connectivity index (χ0) is 24.8. The standard InChI is InChI=1S/C28H38N2O5/c1-34-19-9-16-30-24-12-7-4-8-15-28(24,27(33)35-2)23(26(30)32)20-25(31)29-17-13-22(14-18-29)21-10-5-3-6-11-21/h3,5-6,10-12,22-23H,4,7-9,13-20H2,1-2H3/t23-,28+/m0/s1. The summed E-state index contributed by atoms with van der Waals surface area (Å²) in [6.45, 7) is 2.35. The lowest BCUT2D eigenvalue weighted by molar-refractivity contribution is -0.156. The quantitative estimate of drug-likeness (QED) is 0.415. The van der Waals surface area contributed by atoms with Gasteiger partial charge in [-0.1, -0.05) is 42.8 Å².